The minimum Gasteiger partial charge on any atom is -0.497 e. The summed E-state index contributed by atoms with van der Waals surface area (Å²) in [7, 11) is 4.30. The fourth-order valence-electron chi connectivity index (χ4n) is 4.62. The van der Waals surface area contributed by atoms with Crippen LogP contribution in [0.15, 0.2) is 54.6 Å². The van der Waals surface area contributed by atoms with E-state index in [-0.39, 0.29) is 25.4 Å². The second-order valence-corrected chi connectivity index (χ2v) is 12.9. The standard InChI is InChI=1S/C35H49N3O10/c1-22(2)19-27(37(7)33(43)46-21-25-13-11-10-12-14-25)30(39)36-29(31(40)41)23(3)47-32(42)28(38(8)34(44)48-35(4,5)6)20-24-15-17-26(45-9)18-16-24/h10-18,22-23,27-29H,19-21H2,1-9H3,(H,36,39)(H,40,41)/t23-,27-,28+,29+/m1/s1. The highest BCUT2D eigenvalue weighted by Crippen LogP contribution is 2.19. The zero-order valence-electron chi connectivity index (χ0n) is 29.2. The van der Waals surface area contributed by atoms with E-state index >= 15 is 0 Å². The Bertz CT molecular complexity index is 1380. The SMILES string of the molecule is COc1ccc(C[C@@H](C(=O)O[C@H](C)[C@H](NC(=O)[C@@H](CC(C)C)N(C)C(=O)OCc2ccccc2)C(=O)O)N(C)C(=O)OC(C)(C)C)cc1. The molecule has 0 heterocycles. The Labute approximate surface area is 282 Å². The lowest BCUT2D eigenvalue weighted by atomic mass is 10.0. The number of nitrogens with one attached hydrogen (secondary N) is 1. The third-order valence-corrected chi connectivity index (χ3v) is 7.30. The van der Waals surface area contributed by atoms with E-state index in [1.807, 2.05) is 19.9 Å². The predicted molar refractivity (Wildman–Crippen MR) is 177 cm³/mol. The van der Waals surface area contributed by atoms with Gasteiger partial charge in [0, 0.05) is 20.5 Å². The van der Waals surface area contributed by atoms with Gasteiger partial charge in [-0.1, -0.05) is 56.3 Å². The zero-order valence-corrected chi connectivity index (χ0v) is 29.2. The van der Waals surface area contributed by atoms with Crippen LogP contribution in [0.5, 0.6) is 5.75 Å². The molecule has 2 aromatic rings. The maximum atomic E-state index is 13.6. The normalized spacial score (nSPS) is 13.7. The van der Waals surface area contributed by atoms with Crippen LogP contribution in [0, 0.1) is 5.92 Å². The van der Waals surface area contributed by atoms with Crippen molar-refractivity contribution in [2.45, 2.75) is 90.8 Å². The molecule has 0 fully saturated rings. The number of amides is 3. The minimum absolute atomic E-state index is 0.0137. The van der Waals surface area contributed by atoms with E-state index in [9.17, 15) is 29.1 Å². The molecule has 13 nitrogen and oxygen atoms in total. The molecule has 0 aliphatic carbocycles. The smallest absolute Gasteiger partial charge is 0.410 e. The molecular weight excluding hydrogens is 622 g/mol. The number of hydrogen-bond acceptors (Lipinski definition) is 9. The number of nitrogens with zero attached hydrogens (tertiary/aromatic N) is 2. The van der Waals surface area contributed by atoms with Gasteiger partial charge in [0.05, 0.1) is 7.11 Å². The Kier molecular flexibility index (Phi) is 14.7. The third-order valence-electron chi connectivity index (χ3n) is 7.30. The molecular formula is C35H49N3O10. The number of ether oxygens (including phenoxy) is 4. The quantitative estimate of drug-likeness (QED) is 0.201. The van der Waals surface area contributed by atoms with Gasteiger partial charge in [-0.3, -0.25) is 14.6 Å². The first kappa shape index (κ1) is 39.4. The van der Waals surface area contributed by atoms with Crippen molar-refractivity contribution >= 4 is 30.0 Å². The number of hydrogen-bond donors (Lipinski definition) is 2. The highest BCUT2D eigenvalue weighted by atomic mass is 16.6. The van der Waals surface area contributed by atoms with Crippen LogP contribution in [0.4, 0.5) is 9.59 Å². The van der Waals surface area contributed by atoms with Gasteiger partial charge in [-0.2, -0.15) is 0 Å². The Morgan fingerprint density at radius 3 is 1.94 bits per heavy atom. The summed E-state index contributed by atoms with van der Waals surface area (Å²) in [6.45, 7) is 10.1. The Morgan fingerprint density at radius 2 is 1.42 bits per heavy atom. The van der Waals surface area contributed by atoms with E-state index in [1.54, 1.807) is 69.3 Å². The van der Waals surface area contributed by atoms with Crippen molar-refractivity contribution in [2.75, 3.05) is 21.2 Å². The third kappa shape index (κ3) is 12.4. The molecule has 264 valence electrons. The van der Waals surface area contributed by atoms with E-state index in [4.69, 9.17) is 18.9 Å². The molecule has 0 aromatic heterocycles. The first-order chi connectivity index (χ1) is 22.4. The number of likely N-dealkylation sites (N-methyl/N-ethyl adjacent to an activating group) is 2. The van der Waals surface area contributed by atoms with Crippen LogP contribution >= 0.6 is 0 Å². The van der Waals surface area contributed by atoms with E-state index in [0.717, 1.165) is 15.4 Å². The van der Waals surface area contributed by atoms with Gasteiger partial charge in [0.25, 0.3) is 0 Å². The van der Waals surface area contributed by atoms with Crippen LogP contribution in [0.2, 0.25) is 0 Å². The van der Waals surface area contributed by atoms with Gasteiger partial charge in [0.15, 0.2) is 6.04 Å². The number of rotatable bonds is 15. The van der Waals surface area contributed by atoms with Gasteiger partial charge in [-0.05, 0) is 63.3 Å². The van der Waals surface area contributed by atoms with E-state index in [2.05, 4.69) is 5.32 Å². The molecule has 13 heteroatoms. The van der Waals surface area contributed by atoms with Crippen molar-refractivity contribution in [3.8, 4) is 5.75 Å². The summed E-state index contributed by atoms with van der Waals surface area (Å²) >= 11 is 0. The number of aliphatic carboxylic acids is 1. The number of methoxy groups -OCH3 is 1. The monoisotopic (exact) mass is 671 g/mol. The number of carbonyl (C=O) groups is 5. The van der Waals surface area contributed by atoms with Crippen molar-refractivity contribution in [3.05, 3.63) is 65.7 Å². The van der Waals surface area contributed by atoms with Gasteiger partial charge in [0.2, 0.25) is 5.91 Å². The van der Waals surface area contributed by atoms with Crippen molar-refractivity contribution in [2.24, 2.45) is 5.92 Å². The molecule has 48 heavy (non-hydrogen) atoms. The number of carboxylic acid groups (broad SMARTS) is 1. The molecule has 0 bridgehead atoms. The van der Waals surface area contributed by atoms with Gasteiger partial charge < -0.3 is 29.4 Å². The lowest BCUT2D eigenvalue weighted by Gasteiger charge is -2.32. The Hall–Kier alpha value is -4.81. The molecule has 0 aliphatic heterocycles. The highest BCUT2D eigenvalue weighted by molar-refractivity contribution is 5.90. The maximum Gasteiger partial charge on any atom is 0.410 e. The van der Waals surface area contributed by atoms with Gasteiger partial charge >= 0.3 is 24.1 Å². The average molecular weight is 672 g/mol. The lowest BCUT2D eigenvalue weighted by molar-refractivity contribution is -0.160. The van der Waals surface area contributed by atoms with Crippen molar-refractivity contribution in [1.82, 2.24) is 15.1 Å². The molecule has 0 radical (unpaired) electrons. The van der Waals surface area contributed by atoms with Crippen LogP contribution in [0.1, 0.15) is 59.1 Å². The molecule has 0 aliphatic rings. The summed E-state index contributed by atoms with van der Waals surface area (Å²) in [4.78, 5) is 67.6. The van der Waals surface area contributed by atoms with E-state index in [1.165, 1.54) is 28.1 Å². The molecule has 2 rings (SSSR count). The van der Waals surface area contributed by atoms with Gasteiger partial charge in [0.1, 0.15) is 36.1 Å². The molecule has 4 atom stereocenters. The topological polar surface area (TPSA) is 161 Å². The lowest BCUT2D eigenvalue weighted by Crippen LogP contribution is -2.56. The van der Waals surface area contributed by atoms with Gasteiger partial charge in [-0.25, -0.2) is 19.2 Å². The number of esters is 1. The maximum absolute atomic E-state index is 13.6. The largest absolute Gasteiger partial charge is 0.497 e. The second-order valence-electron chi connectivity index (χ2n) is 12.9. The average Bonchev–Trinajstić information content (AvgIpc) is 3.02. The summed E-state index contributed by atoms with van der Waals surface area (Å²) in [5.74, 6) is -2.59. The molecule has 0 saturated carbocycles. The fourth-order valence-corrected chi connectivity index (χ4v) is 4.62. The van der Waals surface area contributed by atoms with Crippen LogP contribution in [0.25, 0.3) is 0 Å². The summed E-state index contributed by atoms with van der Waals surface area (Å²) in [6.07, 6.45) is -2.71. The summed E-state index contributed by atoms with van der Waals surface area (Å²) in [6, 6.07) is 11.9. The van der Waals surface area contributed by atoms with Crippen molar-refractivity contribution in [3.63, 3.8) is 0 Å². The van der Waals surface area contributed by atoms with E-state index < -0.39 is 59.9 Å². The predicted octanol–water partition coefficient (Wildman–Crippen LogP) is 4.66. The fraction of sp³-hybridized carbons (Fsp3) is 0.514. The molecule has 2 aromatic carbocycles. The summed E-state index contributed by atoms with van der Waals surface area (Å²) < 4.78 is 21.6. The number of carboxylic acids is 1. The number of carbonyl (C=O) groups excluding carboxylic acids is 4. The van der Waals surface area contributed by atoms with Crippen LogP contribution in [-0.2, 0) is 41.6 Å². The van der Waals surface area contributed by atoms with Crippen molar-refractivity contribution < 1.29 is 48.0 Å². The first-order valence-corrected chi connectivity index (χ1v) is 15.7. The first-order valence-electron chi connectivity index (χ1n) is 15.7. The van der Waals surface area contributed by atoms with Crippen LogP contribution in [0.3, 0.4) is 0 Å². The van der Waals surface area contributed by atoms with Crippen LogP contribution < -0.4 is 10.1 Å². The second kappa shape index (κ2) is 17.9. The molecule has 0 spiro atoms. The minimum atomic E-state index is -1.68. The molecule has 0 saturated heterocycles. The summed E-state index contributed by atoms with van der Waals surface area (Å²) in [5.41, 5.74) is 0.579. The number of benzene rings is 2. The Morgan fingerprint density at radius 1 is 0.833 bits per heavy atom. The highest BCUT2D eigenvalue weighted by Gasteiger charge is 2.38. The molecule has 0 unspecified atom stereocenters. The van der Waals surface area contributed by atoms with Gasteiger partial charge in [-0.15, -0.1) is 0 Å². The Balaban J connectivity index is 2.25. The van der Waals surface area contributed by atoms with E-state index in [0.29, 0.717) is 11.3 Å². The zero-order chi connectivity index (χ0) is 36.2. The summed E-state index contributed by atoms with van der Waals surface area (Å²) in [5, 5.41) is 12.5. The van der Waals surface area contributed by atoms with Crippen LogP contribution in [-0.4, -0.2) is 96.0 Å². The molecule has 3 amide bonds. The molecule has 2 N–H and O–H groups in total. The van der Waals surface area contributed by atoms with Crippen molar-refractivity contribution in [1.29, 1.82) is 0 Å².